The molecule has 1 aliphatic rings. The van der Waals surface area contributed by atoms with E-state index in [0.29, 0.717) is 24.1 Å². The number of benzene rings is 1. The van der Waals surface area contributed by atoms with E-state index in [4.69, 9.17) is 11.6 Å². The molecule has 1 aromatic rings. The van der Waals surface area contributed by atoms with E-state index in [1.165, 1.54) is 0 Å². The number of amides is 2. The summed E-state index contributed by atoms with van der Waals surface area (Å²) < 4.78 is 0. The van der Waals surface area contributed by atoms with Crippen molar-refractivity contribution < 1.29 is 9.59 Å². The molecule has 0 unspecified atom stereocenters. The molecule has 9 heteroatoms. The lowest BCUT2D eigenvalue weighted by Crippen LogP contribution is -2.53. The lowest BCUT2D eigenvalue weighted by molar-refractivity contribution is -0.130. The second-order valence-electron chi connectivity index (χ2n) is 7.92. The predicted octanol–water partition coefficient (Wildman–Crippen LogP) is 1.07. The van der Waals surface area contributed by atoms with E-state index in [1.807, 2.05) is 49.9 Å². The number of piperazine rings is 1. The van der Waals surface area contributed by atoms with Gasteiger partial charge >= 0.3 is 0 Å². The van der Waals surface area contributed by atoms with E-state index in [1.54, 1.807) is 7.05 Å². The summed E-state index contributed by atoms with van der Waals surface area (Å²) in [6.07, 6.45) is 0. The third-order valence-electron chi connectivity index (χ3n) is 4.39. The fourth-order valence-electron chi connectivity index (χ4n) is 2.98. The Hall–Kier alpha value is -2.48. The van der Waals surface area contributed by atoms with E-state index >= 15 is 0 Å². The zero-order chi connectivity index (χ0) is 21.4. The third-order valence-corrected chi connectivity index (χ3v) is 4.64. The first kappa shape index (κ1) is 22.8. The van der Waals surface area contributed by atoms with Gasteiger partial charge in [0.2, 0.25) is 11.8 Å². The Labute approximate surface area is 177 Å². The largest absolute Gasteiger partial charge is 0.368 e. The number of hydrogen-bond donors (Lipinski definition) is 3. The highest BCUT2D eigenvalue weighted by atomic mass is 35.5. The number of halogens is 1. The third kappa shape index (κ3) is 7.81. The van der Waals surface area contributed by atoms with Crippen LogP contribution < -0.4 is 20.9 Å². The minimum atomic E-state index is -0.292. The summed E-state index contributed by atoms with van der Waals surface area (Å²) in [5.74, 6) is 0.287. The Kier molecular flexibility index (Phi) is 8.13. The minimum absolute atomic E-state index is 0.00264. The van der Waals surface area contributed by atoms with Crippen LogP contribution in [0.3, 0.4) is 0 Å². The fourth-order valence-corrected chi connectivity index (χ4v) is 3.11. The maximum absolute atomic E-state index is 12.5. The van der Waals surface area contributed by atoms with Gasteiger partial charge in [0.1, 0.15) is 0 Å². The summed E-state index contributed by atoms with van der Waals surface area (Å²) in [7, 11) is 1.60. The Morgan fingerprint density at radius 1 is 1.03 bits per heavy atom. The fraction of sp³-hybridized carbons (Fsp3) is 0.550. The lowest BCUT2D eigenvalue weighted by Gasteiger charge is -2.36. The van der Waals surface area contributed by atoms with Crippen molar-refractivity contribution >= 4 is 35.1 Å². The standard InChI is InChI=1S/C20H31ClN6O2/c1-20(2,3)25-17(28)13-23-19(22-4)24-14-18(29)27-11-9-26(10-12-27)16-7-5-15(21)6-8-16/h5-8H,9-14H2,1-4H3,(H,25,28)(H2,22,23,24). The maximum Gasteiger partial charge on any atom is 0.242 e. The van der Waals surface area contributed by atoms with Gasteiger partial charge in [-0.3, -0.25) is 14.6 Å². The SMILES string of the molecule is CN=C(NCC(=O)NC(C)(C)C)NCC(=O)N1CCN(c2ccc(Cl)cc2)CC1. The molecule has 0 radical (unpaired) electrons. The summed E-state index contributed by atoms with van der Waals surface area (Å²) in [5.41, 5.74) is 0.817. The van der Waals surface area contributed by atoms with E-state index in [0.717, 1.165) is 18.8 Å². The molecule has 0 aromatic heterocycles. The number of guanidine groups is 1. The number of nitrogens with zero attached hydrogens (tertiary/aromatic N) is 3. The van der Waals surface area contributed by atoms with Gasteiger partial charge in [0.15, 0.2) is 5.96 Å². The van der Waals surface area contributed by atoms with Gasteiger partial charge in [0.25, 0.3) is 0 Å². The summed E-state index contributed by atoms with van der Waals surface area (Å²) in [6.45, 7) is 8.83. The van der Waals surface area contributed by atoms with Crippen LogP contribution in [0.1, 0.15) is 20.8 Å². The number of carbonyl (C=O) groups is 2. The molecular formula is C20H31ClN6O2. The number of hydrogen-bond acceptors (Lipinski definition) is 4. The molecule has 1 fully saturated rings. The average molecular weight is 423 g/mol. The zero-order valence-corrected chi connectivity index (χ0v) is 18.3. The normalized spacial score (nSPS) is 15.1. The van der Waals surface area contributed by atoms with Gasteiger partial charge < -0.3 is 25.8 Å². The van der Waals surface area contributed by atoms with Crippen molar-refractivity contribution in [2.24, 2.45) is 4.99 Å². The van der Waals surface area contributed by atoms with Gasteiger partial charge in [-0.1, -0.05) is 11.6 Å². The first-order valence-corrected chi connectivity index (χ1v) is 10.1. The second-order valence-corrected chi connectivity index (χ2v) is 8.36. The van der Waals surface area contributed by atoms with Crippen molar-refractivity contribution in [3.05, 3.63) is 29.3 Å². The Morgan fingerprint density at radius 2 is 1.62 bits per heavy atom. The molecule has 0 aliphatic carbocycles. The molecule has 0 bridgehead atoms. The summed E-state index contributed by atoms with van der Waals surface area (Å²) in [5, 5.41) is 9.47. The van der Waals surface area contributed by atoms with Gasteiger partial charge in [0, 0.05) is 49.5 Å². The number of carbonyl (C=O) groups excluding carboxylic acids is 2. The maximum atomic E-state index is 12.5. The van der Waals surface area contributed by atoms with Gasteiger partial charge in [0.05, 0.1) is 13.1 Å². The molecule has 1 heterocycles. The van der Waals surface area contributed by atoms with Crippen molar-refractivity contribution in [2.75, 3.05) is 51.2 Å². The molecule has 0 spiro atoms. The lowest BCUT2D eigenvalue weighted by atomic mass is 10.1. The summed E-state index contributed by atoms with van der Waals surface area (Å²) in [4.78, 5) is 32.5. The molecule has 1 aromatic carbocycles. The van der Waals surface area contributed by atoms with Crippen molar-refractivity contribution in [2.45, 2.75) is 26.3 Å². The molecule has 0 saturated carbocycles. The predicted molar refractivity (Wildman–Crippen MR) is 118 cm³/mol. The minimum Gasteiger partial charge on any atom is -0.368 e. The topological polar surface area (TPSA) is 89.1 Å². The molecule has 1 aliphatic heterocycles. The number of nitrogens with one attached hydrogen (secondary N) is 3. The Balaban J connectivity index is 1.73. The smallest absolute Gasteiger partial charge is 0.242 e. The van der Waals surface area contributed by atoms with Crippen molar-refractivity contribution in [3.63, 3.8) is 0 Å². The van der Waals surface area contributed by atoms with Crippen LogP contribution in [-0.4, -0.2) is 74.5 Å². The Bertz CT molecular complexity index is 721. The second kappa shape index (κ2) is 10.3. The van der Waals surface area contributed by atoms with Crippen molar-refractivity contribution in [1.29, 1.82) is 0 Å². The summed E-state index contributed by atoms with van der Waals surface area (Å²) >= 11 is 5.94. The summed E-state index contributed by atoms with van der Waals surface area (Å²) in [6, 6.07) is 7.73. The van der Waals surface area contributed by atoms with Crippen LogP contribution in [0, 0.1) is 0 Å². The van der Waals surface area contributed by atoms with Crippen molar-refractivity contribution in [3.8, 4) is 0 Å². The van der Waals surface area contributed by atoms with Gasteiger partial charge in [-0.05, 0) is 45.0 Å². The molecule has 0 atom stereocenters. The highest BCUT2D eigenvalue weighted by Gasteiger charge is 2.21. The zero-order valence-electron chi connectivity index (χ0n) is 17.6. The van der Waals surface area contributed by atoms with E-state index in [2.05, 4.69) is 25.8 Å². The first-order chi connectivity index (χ1) is 13.7. The van der Waals surface area contributed by atoms with Crippen molar-refractivity contribution in [1.82, 2.24) is 20.9 Å². The first-order valence-electron chi connectivity index (χ1n) is 9.72. The molecule has 2 rings (SSSR count). The molecule has 8 nitrogen and oxygen atoms in total. The Morgan fingerprint density at radius 3 is 2.17 bits per heavy atom. The number of anilines is 1. The molecule has 160 valence electrons. The molecule has 2 amide bonds. The van der Waals surface area contributed by atoms with E-state index in [9.17, 15) is 9.59 Å². The molecular weight excluding hydrogens is 392 g/mol. The van der Waals surface area contributed by atoms with Gasteiger partial charge in [-0.25, -0.2) is 0 Å². The van der Waals surface area contributed by atoms with Crippen LogP contribution in [-0.2, 0) is 9.59 Å². The average Bonchev–Trinajstić information content (AvgIpc) is 2.67. The molecule has 29 heavy (non-hydrogen) atoms. The number of aliphatic imine (C=N–C) groups is 1. The monoisotopic (exact) mass is 422 g/mol. The van der Waals surface area contributed by atoms with Crippen LogP contribution in [0.5, 0.6) is 0 Å². The van der Waals surface area contributed by atoms with Crippen LogP contribution in [0.25, 0.3) is 0 Å². The van der Waals surface area contributed by atoms with Crippen LogP contribution >= 0.6 is 11.6 Å². The molecule has 1 saturated heterocycles. The van der Waals surface area contributed by atoms with Gasteiger partial charge in [-0.2, -0.15) is 0 Å². The van der Waals surface area contributed by atoms with Crippen LogP contribution in [0.4, 0.5) is 5.69 Å². The number of rotatable bonds is 5. The van der Waals surface area contributed by atoms with E-state index < -0.39 is 0 Å². The van der Waals surface area contributed by atoms with E-state index in [-0.39, 0.29) is 30.4 Å². The van der Waals surface area contributed by atoms with Crippen LogP contribution in [0.2, 0.25) is 5.02 Å². The van der Waals surface area contributed by atoms with Gasteiger partial charge in [-0.15, -0.1) is 0 Å². The van der Waals surface area contributed by atoms with Crippen LogP contribution in [0.15, 0.2) is 29.3 Å². The highest BCUT2D eigenvalue weighted by Crippen LogP contribution is 2.19. The quantitative estimate of drug-likeness (QED) is 0.488. The highest BCUT2D eigenvalue weighted by molar-refractivity contribution is 6.30. The molecule has 3 N–H and O–H groups in total.